The Morgan fingerprint density at radius 1 is 1.11 bits per heavy atom. The molecule has 0 aliphatic carbocycles. The second kappa shape index (κ2) is 8.26. The molecule has 2 aromatic heterocycles. The van der Waals surface area contributed by atoms with Crippen molar-refractivity contribution in [2.24, 2.45) is 4.99 Å². The van der Waals surface area contributed by atoms with Gasteiger partial charge in [-0.1, -0.05) is 12.1 Å². The van der Waals surface area contributed by atoms with E-state index in [1.165, 1.54) is 10.6 Å². The Morgan fingerprint density at radius 3 is 2.56 bits per heavy atom. The SMILES string of the molecule is CN=C(NCc1ccc(-n2cccn2)cc1)N1CCN(c2cccs2)CC1. The van der Waals surface area contributed by atoms with Crippen molar-refractivity contribution in [1.29, 1.82) is 0 Å². The molecule has 1 fully saturated rings. The van der Waals surface area contributed by atoms with E-state index in [9.17, 15) is 0 Å². The lowest BCUT2D eigenvalue weighted by Crippen LogP contribution is -2.52. The Hall–Kier alpha value is -2.80. The summed E-state index contributed by atoms with van der Waals surface area (Å²) in [5, 5.41) is 11.3. The highest BCUT2D eigenvalue weighted by Gasteiger charge is 2.20. The summed E-state index contributed by atoms with van der Waals surface area (Å²) in [7, 11) is 1.86. The number of nitrogens with zero attached hydrogens (tertiary/aromatic N) is 5. The quantitative estimate of drug-likeness (QED) is 0.559. The summed E-state index contributed by atoms with van der Waals surface area (Å²) >= 11 is 1.81. The molecule has 1 saturated heterocycles. The normalized spacial score (nSPS) is 15.2. The average molecular weight is 381 g/mol. The first-order valence-corrected chi connectivity index (χ1v) is 10.0. The van der Waals surface area contributed by atoms with Gasteiger partial charge in [-0.25, -0.2) is 4.68 Å². The minimum absolute atomic E-state index is 0.761. The summed E-state index contributed by atoms with van der Waals surface area (Å²) in [4.78, 5) is 9.26. The fourth-order valence-corrected chi connectivity index (χ4v) is 4.08. The molecule has 1 aromatic carbocycles. The van der Waals surface area contributed by atoms with Gasteiger partial charge in [0.2, 0.25) is 0 Å². The number of aromatic nitrogens is 2. The van der Waals surface area contributed by atoms with Crippen molar-refractivity contribution in [3.63, 3.8) is 0 Å². The molecule has 27 heavy (non-hydrogen) atoms. The van der Waals surface area contributed by atoms with Gasteiger partial charge < -0.3 is 15.1 Å². The maximum atomic E-state index is 4.47. The summed E-state index contributed by atoms with van der Waals surface area (Å²) in [6, 6.07) is 14.7. The zero-order valence-electron chi connectivity index (χ0n) is 15.5. The summed E-state index contributed by atoms with van der Waals surface area (Å²) in [6.07, 6.45) is 3.74. The molecule has 0 unspecified atom stereocenters. The van der Waals surface area contributed by atoms with Crippen molar-refractivity contribution in [2.75, 3.05) is 38.1 Å². The molecule has 0 spiro atoms. The van der Waals surface area contributed by atoms with E-state index in [1.807, 2.05) is 35.3 Å². The van der Waals surface area contributed by atoms with Crippen LogP contribution in [0, 0.1) is 0 Å². The molecular weight excluding hydrogens is 356 g/mol. The maximum Gasteiger partial charge on any atom is 0.194 e. The molecule has 0 radical (unpaired) electrons. The molecule has 0 atom stereocenters. The molecule has 4 rings (SSSR count). The third kappa shape index (κ3) is 4.14. The number of thiophene rings is 1. The van der Waals surface area contributed by atoms with Gasteiger partial charge in [-0.2, -0.15) is 5.10 Å². The predicted molar refractivity (Wildman–Crippen MR) is 112 cm³/mol. The third-order valence-electron chi connectivity index (χ3n) is 4.76. The summed E-state index contributed by atoms with van der Waals surface area (Å²) in [5.74, 6) is 0.969. The van der Waals surface area contributed by atoms with Crippen LogP contribution < -0.4 is 10.2 Å². The van der Waals surface area contributed by atoms with Gasteiger partial charge in [0.05, 0.1) is 10.7 Å². The van der Waals surface area contributed by atoms with E-state index >= 15 is 0 Å². The molecule has 3 heterocycles. The van der Waals surface area contributed by atoms with Crippen LogP contribution in [0.3, 0.4) is 0 Å². The van der Waals surface area contributed by atoms with Gasteiger partial charge in [0.15, 0.2) is 5.96 Å². The second-order valence-corrected chi connectivity index (χ2v) is 7.37. The molecule has 1 N–H and O–H groups in total. The van der Waals surface area contributed by atoms with E-state index in [4.69, 9.17) is 0 Å². The van der Waals surface area contributed by atoms with Crippen molar-refractivity contribution in [3.8, 4) is 5.69 Å². The number of rotatable bonds is 4. The number of benzene rings is 1. The maximum absolute atomic E-state index is 4.47. The fraction of sp³-hybridized carbons (Fsp3) is 0.300. The molecule has 0 bridgehead atoms. The van der Waals surface area contributed by atoms with Crippen molar-refractivity contribution in [3.05, 3.63) is 65.8 Å². The van der Waals surface area contributed by atoms with Crippen LogP contribution in [0.25, 0.3) is 5.69 Å². The molecule has 140 valence electrons. The Morgan fingerprint density at radius 2 is 1.93 bits per heavy atom. The van der Waals surface area contributed by atoms with Crippen LogP contribution in [0.5, 0.6) is 0 Å². The van der Waals surface area contributed by atoms with Crippen LogP contribution in [0.4, 0.5) is 5.00 Å². The van der Waals surface area contributed by atoms with Gasteiger partial charge in [-0.3, -0.25) is 4.99 Å². The van der Waals surface area contributed by atoms with E-state index in [1.54, 1.807) is 6.20 Å². The number of anilines is 1. The van der Waals surface area contributed by atoms with Crippen LogP contribution >= 0.6 is 11.3 Å². The van der Waals surface area contributed by atoms with E-state index in [0.717, 1.165) is 44.4 Å². The fourth-order valence-electron chi connectivity index (χ4n) is 3.29. The number of hydrogen-bond acceptors (Lipinski definition) is 4. The zero-order chi connectivity index (χ0) is 18.5. The highest BCUT2D eigenvalue weighted by Crippen LogP contribution is 2.22. The number of piperazine rings is 1. The van der Waals surface area contributed by atoms with Crippen LogP contribution in [-0.4, -0.2) is 53.9 Å². The smallest absolute Gasteiger partial charge is 0.194 e. The minimum atomic E-state index is 0.761. The van der Waals surface area contributed by atoms with Gasteiger partial charge in [0, 0.05) is 52.2 Å². The largest absolute Gasteiger partial charge is 0.360 e. The van der Waals surface area contributed by atoms with Crippen molar-refractivity contribution < 1.29 is 0 Å². The van der Waals surface area contributed by atoms with Crippen molar-refractivity contribution in [2.45, 2.75) is 6.54 Å². The molecule has 3 aromatic rings. The van der Waals surface area contributed by atoms with Crippen LogP contribution in [0.15, 0.2) is 65.2 Å². The summed E-state index contributed by atoms with van der Waals surface area (Å²) < 4.78 is 1.86. The van der Waals surface area contributed by atoms with Crippen LogP contribution in [-0.2, 0) is 6.54 Å². The van der Waals surface area contributed by atoms with E-state index in [2.05, 4.69) is 67.0 Å². The molecule has 7 heteroatoms. The first-order chi connectivity index (χ1) is 13.3. The average Bonchev–Trinajstić information content (AvgIpc) is 3.44. The van der Waals surface area contributed by atoms with Crippen molar-refractivity contribution >= 4 is 22.3 Å². The Balaban J connectivity index is 1.31. The van der Waals surface area contributed by atoms with Gasteiger partial charge >= 0.3 is 0 Å². The van der Waals surface area contributed by atoms with E-state index < -0.39 is 0 Å². The number of aliphatic imine (C=N–C) groups is 1. The topological polar surface area (TPSA) is 48.7 Å². The highest BCUT2D eigenvalue weighted by molar-refractivity contribution is 7.14. The standard InChI is InChI=1S/C20H24N6S/c1-21-20(25-13-11-24(12-14-25)19-4-2-15-27-19)22-16-17-5-7-18(8-6-17)26-10-3-9-23-26/h2-10,15H,11-14,16H2,1H3,(H,21,22). The Kier molecular flexibility index (Phi) is 5.39. The number of guanidine groups is 1. The molecule has 0 saturated carbocycles. The predicted octanol–water partition coefficient (Wildman–Crippen LogP) is 2.83. The molecular formula is C20H24N6S. The summed E-state index contributed by atoms with van der Waals surface area (Å²) in [6.45, 7) is 4.78. The molecule has 1 aliphatic heterocycles. The van der Waals surface area contributed by atoms with Crippen LogP contribution in [0.2, 0.25) is 0 Å². The lowest BCUT2D eigenvalue weighted by atomic mass is 10.2. The number of nitrogens with one attached hydrogen (secondary N) is 1. The highest BCUT2D eigenvalue weighted by atomic mass is 32.1. The first kappa shape index (κ1) is 17.6. The van der Waals surface area contributed by atoms with Gasteiger partial charge in [-0.15, -0.1) is 11.3 Å². The Bertz CT molecular complexity index is 847. The van der Waals surface area contributed by atoms with Gasteiger partial charge in [0.1, 0.15) is 0 Å². The number of hydrogen-bond donors (Lipinski definition) is 1. The second-order valence-electron chi connectivity index (χ2n) is 6.44. The van der Waals surface area contributed by atoms with Crippen LogP contribution in [0.1, 0.15) is 5.56 Å². The van der Waals surface area contributed by atoms with E-state index in [0.29, 0.717) is 0 Å². The first-order valence-electron chi connectivity index (χ1n) is 9.16. The van der Waals surface area contributed by atoms with E-state index in [-0.39, 0.29) is 0 Å². The summed E-state index contributed by atoms with van der Waals surface area (Å²) in [5.41, 5.74) is 2.29. The monoisotopic (exact) mass is 380 g/mol. The Labute approximate surface area is 163 Å². The molecule has 0 amide bonds. The zero-order valence-corrected chi connectivity index (χ0v) is 16.3. The molecule has 1 aliphatic rings. The van der Waals surface area contributed by atoms with Crippen molar-refractivity contribution in [1.82, 2.24) is 20.0 Å². The van der Waals surface area contributed by atoms with Gasteiger partial charge in [0.25, 0.3) is 0 Å². The minimum Gasteiger partial charge on any atom is -0.360 e. The third-order valence-corrected chi connectivity index (χ3v) is 5.69. The molecule has 6 nitrogen and oxygen atoms in total. The lowest BCUT2D eigenvalue weighted by Gasteiger charge is -2.37. The van der Waals surface area contributed by atoms with Gasteiger partial charge in [-0.05, 0) is 41.3 Å². The lowest BCUT2D eigenvalue weighted by molar-refractivity contribution is 0.373.